The molecule has 2 aromatic rings. The molecular weight excluding hydrogens is 352 g/mol. The Balaban J connectivity index is 1.66. The van der Waals surface area contributed by atoms with Crippen LogP contribution in [0.2, 0.25) is 0 Å². The monoisotopic (exact) mass is 376 g/mol. The molecule has 3 rings (SSSR count). The topological polar surface area (TPSA) is 84.4 Å². The second kappa shape index (κ2) is 7.59. The van der Waals surface area contributed by atoms with Crippen LogP contribution in [0.25, 0.3) is 0 Å². The van der Waals surface area contributed by atoms with Crippen molar-refractivity contribution in [3.63, 3.8) is 0 Å². The van der Waals surface area contributed by atoms with Gasteiger partial charge in [0, 0.05) is 30.9 Å². The number of hydrogen-bond acceptors (Lipinski definition) is 6. The maximum absolute atomic E-state index is 12.9. The van der Waals surface area contributed by atoms with Gasteiger partial charge in [-0.05, 0) is 50.5 Å². The number of benzene rings is 1. The van der Waals surface area contributed by atoms with E-state index in [0.717, 1.165) is 29.9 Å². The minimum Gasteiger partial charge on any atom is -0.496 e. The summed E-state index contributed by atoms with van der Waals surface area (Å²) >= 11 is 0. The van der Waals surface area contributed by atoms with Gasteiger partial charge in [0.05, 0.1) is 12.0 Å². The van der Waals surface area contributed by atoms with E-state index in [4.69, 9.17) is 4.74 Å². The lowest BCUT2D eigenvalue weighted by molar-refractivity contribution is 0.329. The van der Waals surface area contributed by atoms with Crippen LogP contribution >= 0.6 is 0 Å². The van der Waals surface area contributed by atoms with Gasteiger partial charge in [0.15, 0.2) is 0 Å². The molecule has 8 heteroatoms. The van der Waals surface area contributed by atoms with Gasteiger partial charge in [-0.1, -0.05) is 0 Å². The van der Waals surface area contributed by atoms with Crippen LogP contribution in [0.4, 0.5) is 5.82 Å². The molecule has 2 heterocycles. The first-order chi connectivity index (χ1) is 12.4. The number of hydrogen-bond donors (Lipinski definition) is 1. The van der Waals surface area contributed by atoms with Crippen LogP contribution in [0, 0.1) is 13.8 Å². The van der Waals surface area contributed by atoms with Crippen LogP contribution in [0.1, 0.15) is 24.1 Å². The maximum atomic E-state index is 12.9. The van der Waals surface area contributed by atoms with E-state index in [9.17, 15) is 8.42 Å². The fourth-order valence-corrected chi connectivity index (χ4v) is 4.70. The zero-order valence-corrected chi connectivity index (χ0v) is 16.1. The lowest BCUT2D eigenvalue weighted by Crippen LogP contribution is -2.42. The number of rotatable bonds is 5. The van der Waals surface area contributed by atoms with E-state index in [1.54, 1.807) is 29.6 Å². The van der Waals surface area contributed by atoms with E-state index in [1.807, 2.05) is 19.9 Å². The molecular formula is C18H24N4O3S. The number of sulfonamides is 1. The molecule has 0 radical (unpaired) electrons. The van der Waals surface area contributed by atoms with Crippen molar-refractivity contribution in [3.05, 3.63) is 41.9 Å². The van der Waals surface area contributed by atoms with Gasteiger partial charge in [-0.25, -0.2) is 18.4 Å². The average Bonchev–Trinajstić information content (AvgIpc) is 2.62. The van der Waals surface area contributed by atoms with E-state index < -0.39 is 10.0 Å². The molecule has 1 aromatic heterocycles. The van der Waals surface area contributed by atoms with Gasteiger partial charge >= 0.3 is 0 Å². The molecule has 0 unspecified atom stereocenters. The number of nitrogens with one attached hydrogen (secondary N) is 1. The summed E-state index contributed by atoms with van der Waals surface area (Å²) in [6.07, 6.45) is 3.00. The van der Waals surface area contributed by atoms with Crippen molar-refractivity contribution < 1.29 is 13.2 Å². The Morgan fingerprint density at radius 2 is 1.88 bits per heavy atom. The summed E-state index contributed by atoms with van der Waals surface area (Å²) < 4.78 is 32.5. The molecule has 0 amide bonds. The van der Waals surface area contributed by atoms with Crippen molar-refractivity contribution in [2.24, 2.45) is 0 Å². The second-order valence-electron chi connectivity index (χ2n) is 6.50. The van der Waals surface area contributed by atoms with Crippen LogP contribution in [-0.4, -0.2) is 48.9 Å². The van der Waals surface area contributed by atoms with Gasteiger partial charge < -0.3 is 10.1 Å². The van der Waals surface area contributed by atoms with Gasteiger partial charge in [-0.3, -0.25) is 0 Å². The highest BCUT2D eigenvalue weighted by atomic mass is 32.2. The van der Waals surface area contributed by atoms with Gasteiger partial charge in [0.1, 0.15) is 17.9 Å². The summed E-state index contributed by atoms with van der Waals surface area (Å²) in [6.45, 7) is 4.72. The average molecular weight is 376 g/mol. The van der Waals surface area contributed by atoms with Gasteiger partial charge in [-0.15, -0.1) is 0 Å². The molecule has 0 bridgehead atoms. The first kappa shape index (κ1) is 18.6. The smallest absolute Gasteiger partial charge is 0.243 e. The van der Waals surface area contributed by atoms with Crippen molar-refractivity contribution in [2.45, 2.75) is 37.6 Å². The molecule has 0 saturated carbocycles. The second-order valence-corrected chi connectivity index (χ2v) is 8.44. The Hall–Kier alpha value is -2.19. The Morgan fingerprint density at radius 3 is 2.50 bits per heavy atom. The molecule has 7 nitrogen and oxygen atoms in total. The molecule has 0 atom stereocenters. The van der Waals surface area contributed by atoms with E-state index in [2.05, 4.69) is 15.3 Å². The van der Waals surface area contributed by atoms with E-state index in [1.165, 1.54) is 6.33 Å². The first-order valence-electron chi connectivity index (χ1n) is 8.60. The number of nitrogens with zero attached hydrogens (tertiary/aromatic N) is 3. The molecule has 1 aromatic carbocycles. The highest BCUT2D eigenvalue weighted by Gasteiger charge is 2.29. The van der Waals surface area contributed by atoms with Crippen LogP contribution in [-0.2, 0) is 10.0 Å². The molecule has 0 spiro atoms. The van der Waals surface area contributed by atoms with E-state index in [-0.39, 0.29) is 6.04 Å². The van der Waals surface area contributed by atoms with Crippen LogP contribution in [0.3, 0.4) is 0 Å². The molecule has 1 aliphatic heterocycles. The lowest BCUT2D eigenvalue weighted by Gasteiger charge is -2.32. The van der Waals surface area contributed by atoms with Crippen molar-refractivity contribution in [1.82, 2.24) is 14.3 Å². The minimum atomic E-state index is -3.49. The van der Waals surface area contributed by atoms with Crippen molar-refractivity contribution in [1.29, 1.82) is 0 Å². The third kappa shape index (κ3) is 3.96. The Morgan fingerprint density at radius 1 is 1.15 bits per heavy atom. The molecule has 1 fully saturated rings. The summed E-state index contributed by atoms with van der Waals surface area (Å²) in [6, 6.07) is 7.07. The number of ether oxygens (including phenoxy) is 1. The number of methoxy groups -OCH3 is 1. The predicted molar refractivity (Wildman–Crippen MR) is 99.9 cm³/mol. The lowest BCUT2D eigenvalue weighted by atomic mass is 10.1. The Labute approximate surface area is 154 Å². The summed E-state index contributed by atoms with van der Waals surface area (Å²) in [5.41, 5.74) is 1.71. The molecule has 1 saturated heterocycles. The van der Waals surface area contributed by atoms with Gasteiger partial charge in [0.25, 0.3) is 0 Å². The fourth-order valence-electron chi connectivity index (χ4n) is 3.14. The zero-order valence-electron chi connectivity index (χ0n) is 15.3. The first-order valence-corrected chi connectivity index (χ1v) is 10.0. The Bertz CT molecular complexity index is 878. The van der Waals surface area contributed by atoms with Crippen LogP contribution in [0.15, 0.2) is 35.5 Å². The number of piperidine rings is 1. The molecule has 0 aliphatic carbocycles. The number of aryl methyl sites for hydroxylation is 2. The number of aromatic nitrogens is 2. The van der Waals surface area contributed by atoms with Crippen LogP contribution in [0.5, 0.6) is 5.75 Å². The van der Waals surface area contributed by atoms with Gasteiger partial charge in [0.2, 0.25) is 10.0 Å². The maximum Gasteiger partial charge on any atom is 0.243 e. The van der Waals surface area contributed by atoms with Crippen molar-refractivity contribution in [3.8, 4) is 5.75 Å². The zero-order chi connectivity index (χ0) is 18.7. The Kier molecular flexibility index (Phi) is 5.43. The summed E-state index contributed by atoms with van der Waals surface area (Å²) in [7, 11) is -1.91. The van der Waals surface area contributed by atoms with Crippen molar-refractivity contribution in [2.75, 3.05) is 25.5 Å². The predicted octanol–water partition coefficient (Wildman–Crippen LogP) is 2.37. The van der Waals surface area contributed by atoms with E-state index in [0.29, 0.717) is 23.7 Å². The highest BCUT2D eigenvalue weighted by molar-refractivity contribution is 7.89. The number of anilines is 1. The quantitative estimate of drug-likeness (QED) is 0.862. The molecule has 26 heavy (non-hydrogen) atoms. The van der Waals surface area contributed by atoms with Crippen LogP contribution < -0.4 is 10.1 Å². The molecule has 1 aliphatic rings. The summed E-state index contributed by atoms with van der Waals surface area (Å²) in [5.74, 6) is 1.47. The SMILES string of the molecule is COc1ccc(S(=O)(=O)N2CCC(Nc3cc(C)ncn3)CC2)cc1C. The highest BCUT2D eigenvalue weighted by Crippen LogP contribution is 2.26. The van der Waals surface area contributed by atoms with Gasteiger partial charge in [-0.2, -0.15) is 4.31 Å². The normalized spacial score (nSPS) is 16.4. The summed E-state index contributed by atoms with van der Waals surface area (Å²) in [5, 5.41) is 3.37. The minimum absolute atomic E-state index is 0.202. The third-order valence-corrected chi connectivity index (χ3v) is 6.51. The third-order valence-electron chi connectivity index (χ3n) is 4.61. The molecule has 1 N–H and O–H groups in total. The van der Waals surface area contributed by atoms with E-state index >= 15 is 0 Å². The standard InChI is InChI=1S/C18H24N4O3S/c1-13-10-16(4-5-17(13)25-3)26(23,24)22-8-6-15(7-9-22)21-18-11-14(2)19-12-20-18/h4-5,10-12,15H,6-9H2,1-3H3,(H,19,20,21). The summed E-state index contributed by atoms with van der Waals surface area (Å²) in [4.78, 5) is 8.61. The largest absolute Gasteiger partial charge is 0.496 e. The van der Waals surface area contributed by atoms with Crippen molar-refractivity contribution >= 4 is 15.8 Å². The molecule has 140 valence electrons. The fraction of sp³-hybridized carbons (Fsp3) is 0.444.